The monoisotopic (exact) mass is 598 g/mol. The molecular weight excluding hydrogens is 564 g/mol. The lowest BCUT2D eigenvalue weighted by Gasteiger charge is -2.41. The highest BCUT2D eigenvalue weighted by Gasteiger charge is 2.34. The zero-order chi connectivity index (χ0) is 30.1. The second-order valence-corrected chi connectivity index (χ2v) is 11.8. The lowest BCUT2D eigenvalue weighted by atomic mass is 9.96. The predicted molar refractivity (Wildman–Crippen MR) is 167 cm³/mol. The number of carbonyl (C=O) groups is 1. The van der Waals surface area contributed by atoms with Crippen molar-refractivity contribution in [2.45, 2.75) is 44.7 Å². The van der Waals surface area contributed by atoms with Gasteiger partial charge in [0.25, 0.3) is 0 Å². The van der Waals surface area contributed by atoms with Gasteiger partial charge in [0.05, 0.1) is 24.1 Å². The predicted octanol–water partition coefficient (Wildman–Crippen LogP) is 5.24. The first-order valence-electron chi connectivity index (χ1n) is 14.7. The van der Waals surface area contributed by atoms with Crippen LogP contribution >= 0.6 is 11.6 Å². The largest absolute Gasteiger partial charge is 0.462 e. The zero-order valence-corrected chi connectivity index (χ0v) is 25.3. The number of rotatable bonds is 7. The number of nitrogens with zero attached hydrogens (tertiary/aromatic N) is 6. The number of benzene rings is 2. The number of halogens is 1. The van der Waals surface area contributed by atoms with Gasteiger partial charge < -0.3 is 24.2 Å². The molecule has 2 atom stereocenters. The second-order valence-electron chi connectivity index (χ2n) is 11.4. The van der Waals surface area contributed by atoms with Crippen molar-refractivity contribution in [2.24, 2.45) is 0 Å². The van der Waals surface area contributed by atoms with Crippen LogP contribution in [0.1, 0.15) is 37.3 Å². The van der Waals surface area contributed by atoms with E-state index in [1.807, 2.05) is 36.4 Å². The minimum absolute atomic E-state index is 0.171. The Morgan fingerprint density at radius 2 is 2.02 bits per heavy atom. The first-order valence-corrected chi connectivity index (χ1v) is 15.1. The average Bonchev–Trinajstić information content (AvgIpc) is 3.43. The number of aromatic nitrogens is 2. The Bertz CT molecular complexity index is 1640. The quantitative estimate of drug-likeness (QED) is 0.341. The molecule has 3 aromatic rings. The highest BCUT2D eigenvalue weighted by molar-refractivity contribution is 6.36. The van der Waals surface area contributed by atoms with Crippen molar-refractivity contribution in [1.29, 1.82) is 5.26 Å². The molecule has 0 unspecified atom stereocenters. The van der Waals surface area contributed by atoms with Gasteiger partial charge in [-0.15, -0.1) is 0 Å². The molecule has 0 radical (unpaired) electrons. The first kappa shape index (κ1) is 29.0. The van der Waals surface area contributed by atoms with Crippen LogP contribution in [0.25, 0.3) is 16.5 Å². The van der Waals surface area contributed by atoms with Crippen molar-refractivity contribution in [2.75, 3.05) is 44.7 Å². The van der Waals surface area contributed by atoms with Gasteiger partial charge in [-0.2, -0.15) is 15.2 Å². The molecule has 43 heavy (non-hydrogen) atoms. The standard InChI is InChI=1S/C33H35ClN6O3/c1-4-28(41)40-17-16-39(19-23(40)13-14-35)31-26-18-21(2)30(25-11-5-8-22-9-6-12-27(34)29(22)25)43-32(26)37-33(36-31)42-20-24-10-7-15-38(24)3/h4-6,8-9,11-12,23-24H,1,7,10,13,15-20H2,2-3H3/t23-,24-/m0/s1. The van der Waals surface area contributed by atoms with Crippen molar-refractivity contribution < 1.29 is 14.3 Å². The first-order chi connectivity index (χ1) is 20.9. The van der Waals surface area contributed by atoms with E-state index in [0.29, 0.717) is 55.4 Å². The molecule has 0 N–H and O–H groups in total. The minimum atomic E-state index is -0.291. The Morgan fingerprint density at radius 3 is 2.77 bits per heavy atom. The summed E-state index contributed by atoms with van der Waals surface area (Å²) in [6.07, 6.45) is 4.29. The van der Waals surface area contributed by atoms with Gasteiger partial charge in [-0.3, -0.25) is 4.79 Å². The fourth-order valence-electron chi connectivity index (χ4n) is 6.39. The van der Waals surface area contributed by atoms with Crippen molar-refractivity contribution >= 4 is 39.9 Å². The van der Waals surface area contributed by atoms with E-state index in [0.717, 1.165) is 52.6 Å². The molecule has 3 aliphatic heterocycles. The van der Waals surface area contributed by atoms with Gasteiger partial charge in [0, 0.05) is 48.1 Å². The van der Waals surface area contributed by atoms with Crippen molar-refractivity contribution in [1.82, 2.24) is 19.8 Å². The number of ether oxygens (including phenoxy) is 2. The molecule has 2 aromatic carbocycles. The molecule has 3 aliphatic rings. The van der Waals surface area contributed by atoms with Gasteiger partial charge >= 0.3 is 6.01 Å². The van der Waals surface area contributed by atoms with Crippen LogP contribution in [-0.4, -0.2) is 77.6 Å². The molecule has 9 nitrogen and oxygen atoms in total. The molecule has 6 rings (SSSR count). The van der Waals surface area contributed by atoms with Gasteiger partial charge in [-0.1, -0.05) is 48.5 Å². The Labute approximate surface area is 257 Å². The van der Waals surface area contributed by atoms with Gasteiger partial charge in [-0.05, 0) is 56.5 Å². The second kappa shape index (κ2) is 12.2. The molecule has 0 bridgehead atoms. The molecule has 1 amide bonds. The number of likely N-dealkylation sites (tertiary alicyclic amines) is 1. The van der Waals surface area contributed by atoms with Gasteiger partial charge in [-0.25, -0.2) is 0 Å². The molecule has 2 fully saturated rings. The van der Waals surface area contributed by atoms with Crippen LogP contribution in [0.15, 0.2) is 54.6 Å². The summed E-state index contributed by atoms with van der Waals surface area (Å²) in [4.78, 5) is 28.4. The Morgan fingerprint density at radius 1 is 1.21 bits per heavy atom. The molecule has 2 saturated heterocycles. The van der Waals surface area contributed by atoms with Crippen LogP contribution in [0.3, 0.4) is 0 Å². The highest BCUT2D eigenvalue weighted by Crippen LogP contribution is 2.42. The van der Waals surface area contributed by atoms with Crippen LogP contribution in [0.4, 0.5) is 5.82 Å². The van der Waals surface area contributed by atoms with E-state index in [-0.39, 0.29) is 24.4 Å². The third-order valence-corrected chi connectivity index (χ3v) is 9.01. The van der Waals surface area contributed by atoms with Crippen LogP contribution in [-0.2, 0) is 11.2 Å². The van der Waals surface area contributed by atoms with E-state index in [2.05, 4.69) is 36.4 Å². The fraction of sp³-hybridized carbons (Fsp3) is 0.394. The van der Waals surface area contributed by atoms with E-state index in [4.69, 9.17) is 31.0 Å². The molecule has 0 spiro atoms. The maximum atomic E-state index is 12.5. The number of allylic oxidation sites excluding steroid dienone is 1. The molecule has 10 heteroatoms. The normalized spacial score (nSPS) is 20.5. The Kier molecular flexibility index (Phi) is 8.24. The van der Waals surface area contributed by atoms with Gasteiger partial charge in [0.15, 0.2) is 0 Å². The van der Waals surface area contributed by atoms with Crippen molar-refractivity contribution in [3.63, 3.8) is 0 Å². The molecule has 1 aromatic heterocycles. The lowest BCUT2D eigenvalue weighted by Crippen LogP contribution is -2.55. The summed E-state index contributed by atoms with van der Waals surface area (Å²) < 4.78 is 12.9. The van der Waals surface area contributed by atoms with E-state index < -0.39 is 0 Å². The number of amides is 1. The van der Waals surface area contributed by atoms with Crippen LogP contribution in [0.2, 0.25) is 5.02 Å². The number of nitriles is 1. The molecule has 4 heterocycles. The summed E-state index contributed by atoms with van der Waals surface area (Å²) in [6, 6.07) is 14.4. The maximum Gasteiger partial charge on any atom is 0.321 e. The zero-order valence-electron chi connectivity index (χ0n) is 24.6. The van der Waals surface area contributed by atoms with E-state index in [1.165, 1.54) is 6.08 Å². The highest BCUT2D eigenvalue weighted by atomic mass is 35.5. The summed E-state index contributed by atoms with van der Waals surface area (Å²) in [6.45, 7) is 8.67. The SMILES string of the molecule is C=CC(=O)N1CCN(c2nc(OC[C@@H]3CCCN3C)nc3c2CC(C)=C(c2cccc4cccc(Cl)c24)O3)C[C@@H]1CC#N. The average molecular weight is 599 g/mol. The van der Waals surface area contributed by atoms with Gasteiger partial charge in [0.1, 0.15) is 18.2 Å². The number of piperazine rings is 1. The summed E-state index contributed by atoms with van der Waals surface area (Å²) in [5.74, 6) is 1.71. The number of fused-ring (bicyclic) bond motifs is 2. The van der Waals surface area contributed by atoms with Crippen LogP contribution < -0.4 is 14.4 Å². The number of hydrogen-bond donors (Lipinski definition) is 0. The molecule has 0 aliphatic carbocycles. The van der Waals surface area contributed by atoms with E-state index >= 15 is 0 Å². The van der Waals surface area contributed by atoms with E-state index in [9.17, 15) is 10.1 Å². The number of likely N-dealkylation sites (N-methyl/N-ethyl adjacent to an activating group) is 1. The molecule has 0 saturated carbocycles. The Balaban J connectivity index is 1.38. The third kappa shape index (κ3) is 5.65. The Hall–Kier alpha value is -4.13. The smallest absolute Gasteiger partial charge is 0.321 e. The van der Waals surface area contributed by atoms with Gasteiger partial charge in [0.2, 0.25) is 11.8 Å². The summed E-state index contributed by atoms with van der Waals surface area (Å²) >= 11 is 6.69. The van der Waals surface area contributed by atoms with Crippen molar-refractivity contribution in [3.8, 4) is 18.0 Å². The maximum absolute atomic E-state index is 12.5. The molecular formula is C33H35ClN6O3. The van der Waals surface area contributed by atoms with Crippen LogP contribution in [0.5, 0.6) is 11.9 Å². The topological polar surface area (TPSA) is 94.8 Å². The third-order valence-electron chi connectivity index (χ3n) is 8.70. The van der Waals surface area contributed by atoms with E-state index in [1.54, 1.807) is 4.90 Å². The summed E-state index contributed by atoms with van der Waals surface area (Å²) in [7, 11) is 2.11. The fourth-order valence-corrected chi connectivity index (χ4v) is 6.68. The lowest BCUT2D eigenvalue weighted by molar-refractivity contribution is -0.128. The van der Waals surface area contributed by atoms with Crippen LogP contribution in [0, 0.1) is 11.3 Å². The number of hydrogen-bond acceptors (Lipinski definition) is 8. The minimum Gasteiger partial charge on any atom is -0.462 e. The van der Waals surface area contributed by atoms with Crippen molar-refractivity contribution in [3.05, 3.63) is 70.8 Å². The number of anilines is 1. The summed E-state index contributed by atoms with van der Waals surface area (Å²) in [5.41, 5.74) is 2.80. The number of carbonyl (C=O) groups excluding carboxylic acids is 1. The summed E-state index contributed by atoms with van der Waals surface area (Å²) in [5, 5.41) is 12.2. The molecule has 222 valence electrons.